The number of rotatable bonds is 5. The summed E-state index contributed by atoms with van der Waals surface area (Å²) in [5.74, 6) is 2.40. The van der Waals surface area contributed by atoms with Gasteiger partial charge in [-0.15, -0.1) is 0 Å². The molecule has 0 aromatic rings. The molecule has 0 amide bonds. The van der Waals surface area contributed by atoms with Crippen LogP contribution < -0.4 is 16.0 Å². The minimum Gasteiger partial charge on any atom is -0.391 e. The Morgan fingerprint density at radius 2 is 1.89 bits per heavy atom. The average molecular weight is 394 g/mol. The molecule has 5 heteroatoms. The predicted molar refractivity (Wildman–Crippen MR) is 113 cm³/mol. The molecule has 2 aliphatic heterocycles. The zero-order chi connectivity index (χ0) is 19.5. The molecule has 0 radical (unpaired) electrons. The first-order valence-electron chi connectivity index (χ1n) is 12.1. The van der Waals surface area contributed by atoms with Gasteiger partial charge in [-0.25, -0.2) is 0 Å². The van der Waals surface area contributed by atoms with Gasteiger partial charge in [0, 0.05) is 31.2 Å². The highest BCUT2D eigenvalue weighted by Crippen LogP contribution is 2.39. The first-order chi connectivity index (χ1) is 13.7. The molecule has 0 bridgehead atoms. The van der Waals surface area contributed by atoms with Gasteiger partial charge in [0.25, 0.3) is 0 Å². The fraction of sp³-hybridized carbons (Fsp3) is 1.00. The Bertz CT molecular complexity index is 484. The lowest BCUT2D eigenvalue weighted by Gasteiger charge is -2.50. The Hall–Kier alpha value is -0.200. The molecule has 9 unspecified atom stereocenters. The number of ether oxygens (including phenoxy) is 1. The van der Waals surface area contributed by atoms with E-state index in [0.29, 0.717) is 42.0 Å². The third kappa shape index (κ3) is 4.59. The lowest BCUT2D eigenvalue weighted by Crippen LogP contribution is -2.63. The quantitative estimate of drug-likeness (QED) is 0.577. The normalized spacial score (nSPS) is 46.0. The van der Waals surface area contributed by atoms with Gasteiger partial charge in [0.1, 0.15) is 0 Å². The highest BCUT2D eigenvalue weighted by atomic mass is 16.5. The highest BCUT2D eigenvalue weighted by molar-refractivity contribution is 5.02. The van der Waals surface area contributed by atoms with Crippen molar-refractivity contribution in [3.8, 4) is 0 Å². The van der Waals surface area contributed by atoms with Crippen molar-refractivity contribution in [2.45, 2.75) is 95.0 Å². The first kappa shape index (κ1) is 21.0. The van der Waals surface area contributed by atoms with Crippen LogP contribution >= 0.6 is 0 Å². The van der Waals surface area contributed by atoms with Crippen LogP contribution in [-0.4, -0.2) is 62.2 Å². The van der Waals surface area contributed by atoms with Gasteiger partial charge >= 0.3 is 0 Å². The number of piperidine rings is 2. The fourth-order valence-electron chi connectivity index (χ4n) is 6.79. The topological polar surface area (TPSA) is 65.5 Å². The maximum absolute atomic E-state index is 11.4. The summed E-state index contributed by atoms with van der Waals surface area (Å²) in [6.45, 7) is 5.68. The van der Waals surface area contributed by atoms with Gasteiger partial charge in [0.2, 0.25) is 0 Å². The fourth-order valence-corrected chi connectivity index (χ4v) is 6.79. The SMILES string of the molecule is COC1CCC(C)CC1NC(C1CCCNC1)C1CCC2CCCNC2C1O. The molecular formula is C23H43N3O2. The lowest BCUT2D eigenvalue weighted by atomic mass is 9.67. The van der Waals surface area contributed by atoms with Crippen molar-refractivity contribution < 1.29 is 9.84 Å². The summed E-state index contributed by atoms with van der Waals surface area (Å²) in [6.07, 6.45) is 11.2. The second-order valence-corrected chi connectivity index (χ2v) is 10.2. The molecule has 4 N–H and O–H groups in total. The van der Waals surface area contributed by atoms with Crippen molar-refractivity contribution in [3.05, 3.63) is 0 Å². The van der Waals surface area contributed by atoms with Crippen molar-refractivity contribution in [2.75, 3.05) is 26.7 Å². The van der Waals surface area contributed by atoms with Crippen LogP contribution in [0.15, 0.2) is 0 Å². The maximum atomic E-state index is 11.4. The van der Waals surface area contributed by atoms with E-state index in [4.69, 9.17) is 4.74 Å². The van der Waals surface area contributed by atoms with Crippen LogP contribution in [0.2, 0.25) is 0 Å². The summed E-state index contributed by atoms with van der Waals surface area (Å²) in [7, 11) is 1.87. The van der Waals surface area contributed by atoms with E-state index in [1.165, 1.54) is 44.9 Å². The van der Waals surface area contributed by atoms with E-state index in [-0.39, 0.29) is 6.10 Å². The van der Waals surface area contributed by atoms with Crippen molar-refractivity contribution in [3.63, 3.8) is 0 Å². The second-order valence-electron chi connectivity index (χ2n) is 10.2. The summed E-state index contributed by atoms with van der Waals surface area (Å²) < 4.78 is 5.89. The summed E-state index contributed by atoms with van der Waals surface area (Å²) in [4.78, 5) is 0. The smallest absolute Gasteiger partial charge is 0.0738 e. The van der Waals surface area contributed by atoms with Gasteiger partial charge < -0.3 is 25.8 Å². The molecule has 0 aromatic heterocycles. The number of hydrogen-bond donors (Lipinski definition) is 4. The molecule has 0 aromatic carbocycles. The zero-order valence-electron chi connectivity index (χ0n) is 18.0. The minimum absolute atomic E-state index is 0.222. The van der Waals surface area contributed by atoms with E-state index >= 15 is 0 Å². The molecular weight excluding hydrogens is 350 g/mol. The molecule has 4 fully saturated rings. The van der Waals surface area contributed by atoms with Gasteiger partial charge in [-0.05, 0) is 95.2 Å². The number of hydrogen-bond acceptors (Lipinski definition) is 5. The molecule has 2 saturated heterocycles. The summed E-state index contributed by atoms with van der Waals surface area (Å²) in [5, 5.41) is 22.8. The summed E-state index contributed by atoms with van der Waals surface area (Å²) in [5.41, 5.74) is 0. The highest BCUT2D eigenvalue weighted by Gasteiger charge is 2.45. The molecule has 162 valence electrons. The minimum atomic E-state index is -0.222. The van der Waals surface area contributed by atoms with E-state index < -0.39 is 0 Å². The van der Waals surface area contributed by atoms with E-state index in [9.17, 15) is 5.11 Å². The van der Waals surface area contributed by atoms with Gasteiger partial charge in [0.05, 0.1) is 12.2 Å². The summed E-state index contributed by atoms with van der Waals surface area (Å²) >= 11 is 0. The molecule has 9 atom stereocenters. The predicted octanol–water partition coefficient (Wildman–Crippen LogP) is 2.29. The monoisotopic (exact) mass is 393 g/mol. The molecule has 0 spiro atoms. The Balaban J connectivity index is 1.51. The Morgan fingerprint density at radius 1 is 1.04 bits per heavy atom. The van der Waals surface area contributed by atoms with Crippen molar-refractivity contribution >= 4 is 0 Å². The van der Waals surface area contributed by atoms with Gasteiger partial charge in [-0.2, -0.15) is 0 Å². The largest absolute Gasteiger partial charge is 0.391 e. The first-order valence-corrected chi connectivity index (χ1v) is 12.1. The van der Waals surface area contributed by atoms with Gasteiger partial charge in [0.15, 0.2) is 0 Å². The lowest BCUT2D eigenvalue weighted by molar-refractivity contribution is -0.0404. The van der Waals surface area contributed by atoms with E-state index in [1.54, 1.807) is 0 Å². The molecule has 2 aliphatic carbocycles. The number of fused-ring (bicyclic) bond motifs is 1. The molecule has 4 aliphatic rings. The maximum Gasteiger partial charge on any atom is 0.0738 e. The third-order valence-corrected chi connectivity index (χ3v) is 8.38. The summed E-state index contributed by atoms with van der Waals surface area (Å²) in [6, 6.07) is 1.11. The Morgan fingerprint density at radius 3 is 2.68 bits per heavy atom. The van der Waals surface area contributed by atoms with Crippen LogP contribution in [0.1, 0.15) is 64.7 Å². The van der Waals surface area contributed by atoms with Crippen LogP contribution in [0, 0.1) is 23.7 Å². The number of nitrogens with one attached hydrogen (secondary N) is 3. The number of methoxy groups -OCH3 is 1. The zero-order valence-corrected chi connectivity index (χ0v) is 18.0. The van der Waals surface area contributed by atoms with E-state index in [1.807, 2.05) is 7.11 Å². The number of aliphatic hydroxyl groups is 1. The van der Waals surface area contributed by atoms with Crippen LogP contribution in [0.5, 0.6) is 0 Å². The van der Waals surface area contributed by atoms with Gasteiger partial charge in [-0.3, -0.25) is 0 Å². The Labute approximate surface area is 171 Å². The molecule has 2 saturated carbocycles. The molecule has 4 rings (SSSR count). The van der Waals surface area contributed by atoms with Crippen molar-refractivity contribution in [1.29, 1.82) is 0 Å². The molecule has 5 nitrogen and oxygen atoms in total. The van der Waals surface area contributed by atoms with Crippen LogP contribution in [-0.2, 0) is 4.74 Å². The third-order valence-electron chi connectivity index (χ3n) is 8.38. The van der Waals surface area contributed by atoms with E-state index in [2.05, 4.69) is 22.9 Å². The van der Waals surface area contributed by atoms with Crippen LogP contribution in [0.4, 0.5) is 0 Å². The second kappa shape index (κ2) is 9.74. The van der Waals surface area contributed by atoms with Crippen LogP contribution in [0.3, 0.4) is 0 Å². The standard InChI is InChI=1S/C23H43N3O2/c1-15-7-10-20(28-2)19(13-15)26-21(17-6-3-11-24-14-17)18-9-8-16-5-4-12-25-22(16)23(18)27/h15-27H,3-14H2,1-2H3. The molecule has 2 heterocycles. The van der Waals surface area contributed by atoms with Crippen LogP contribution in [0.25, 0.3) is 0 Å². The molecule has 28 heavy (non-hydrogen) atoms. The van der Waals surface area contributed by atoms with E-state index in [0.717, 1.165) is 38.4 Å². The Kier molecular flexibility index (Phi) is 7.32. The van der Waals surface area contributed by atoms with Crippen molar-refractivity contribution in [1.82, 2.24) is 16.0 Å². The number of aliphatic hydroxyl groups excluding tert-OH is 1. The average Bonchev–Trinajstić information content (AvgIpc) is 2.74. The van der Waals surface area contributed by atoms with Crippen molar-refractivity contribution in [2.24, 2.45) is 23.7 Å². The van der Waals surface area contributed by atoms with Gasteiger partial charge in [-0.1, -0.05) is 6.92 Å².